The van der Waals surface area contributed by atoms with E-state index in [0.717, 1.165) is 70.1 Å². The summed E-state index contributed by atoms with van der Waals surface area (Å²) in [5, 5.41) is 6.76. The molecule has 1 amide bonds. The highest BCUT2D eigenvalue weighted by atomic mass is 127. The molecule has 27 heavy (non-hydrogen) atoms. The predicted molar refractivity (Wildman–Crippen MR) is 119 cm³/mol. The van der Waals surface area contributed by atoms with Gasteiger partial charge in [0.05, 0.1) is 10.7 Å². The van der Waals surface area contributed by atoms with E-state index >= 15 is 0 Å². The van der Waals surface area contributed by atoms with Crippen molar-refractivity contribution in [2.75, 3.05) is 46.4 Å². The Morgan fingerprint density at radius 3 is 2.70 bits per heavy atom. The van der Waals surface area contributed by atoms with Crippen LogP contribution in [0.15, 0.2) is 10.4 Å². The molecule has 2 aliphatic heterocycles. The Morgan fingerprint density at radius 1 is 1.37 bits per heavy atom. The summed E-state index contributed by atoms with van der Waals surface area (Å²) in [6.45, 7) is 6.71. The summed E-state index contributed by atoms with van der Waals surface area (Å²) < 4.78 is 5.52. The van der Waals surface area contributed by atoms with Crippen molar-refractivity contribution in [3.05, 3.63) is 16.1 Å². The molecule has 3 rings (SSSR count). The molecule has 2 fully saturated rings. The number of hydrogen-bond acceptors (Lipinski definition) is 5. The molecule has 1 aromatic heterocycles. The maximum atomic E-state index is 12.4. The molecular weight excluding hydrogens is 477 g/mol. The van der Waals surface area contributed by atoms with E-state index in [9.17, 15) is 4.79 Å². The number of thiazole rings is 1. The van der Waals surface area contributed by atoms with Gasteiger partial charge in [0.1, 0.15) is 6.10 Å². The van der Waals surface area contributed by atoms with E-state index in [2.05, 4.69) is 32.5 Å². The van der Waals surface area contributed by atoms with E-state index in [-0.39, 0.29) is 36.0 Å². The summed E-state index contributed by atoms with van der Waals surface area (Å²) in [4.78, 5) is 25.6. The number of rotatable bonds is 5. The lowest BCUT2D eigenvalue weighted by Crippen LogP contribution is -2.55. The first-order valence-electron chi connectivity index (χ1n) is 9.50. The van der Waals surface area contributed by atoms with E-state index < -0.39 is 0 Å². The summed E-state index contributed by atoms with van der Waals surface area (Å²) in [5.41, 5.74) is 1.14. The zero-order valence-electron chi connectivity index (χ0n) is 16.1. The van der Waals surface area contributed by atoms with Crippen molar-refractivity contribution in [1.82, 2.24) is 20.1 Å². The summed E-state index contributed by atoms with van der Waals surface area (Å²) in [7, 11) is 1.81. The highest BCUT2D eigenvalue weighted by Crippen LogP contribution is 2.16. The Bertz CT molecular complexity index is 625. The molecule has 9 heteroatoms. The zero-order valence-corrected chi connectivity index (χ0v) is 19.3. The normalized spacial score (nSPS) is 20.5. The molecule has 2 saturated heterocycles. The maximum Gasteiger partial charge on any atom is 0.251 e. The van der Waals surface area contributed by atoms with Crippen LogP contribution in [0, 0.1) is 0 Å². The number of ether oxygens (including phenoxy) is 1. The van der Waals surface area contributed by atoms with E-state index in [1.54, 1.807) is 11.3 Å². The Labute approximate surface area is 182 Å². The number of nitrogens with zero attached hydrogens (tertiary/aromatic N) is 4. The Hall–Kier alpha value is -0.940. The number of carbonyl (C=O) groups excluding carboxylic acids is 1. The van der Waals surface area contributed by atoms with Crippen molar-refractivity contribution in [1.29, 1.82) is 0 Å². The number of hydrogen-bond donors (Lipinski definition) is 1. The number of guanidine groups is 1. The minimum absolute atomic E-state index is 0. The number of piperazine rings is 1. The SMILES string of the molecule is CCc1nc(CCNC(=NC)N2CCN(C(=O)C3CCCO3)CC2)cs1.I. The van der Waals surface area contributed by atoms with Crippen molar-refractivity contribution >= 4 is 47.2 Å². The first kappa shape index (κ1) is 22.4. The third-order valence-electron chi connectivity index (χ3n) is 4.87. The molecule has 7 nitrogen and oxygen atoms in total. The van der Waals surface area contributed by atoms with Gasteiger partial charge in [0, 0.05) is 58.2 Å². The van der Waals surface area contributed by atoms with Crippen molar-refractivity contribution in [3.63, 3.8) is 0 Å². The van der Waals surface area contributed by atoms with Crippen LogP contribution in [-0.2, 0) is 22.4 Å². The summed E-state index contributed by atoms with van der Waals surface area (Å²) in [6, 6.07) is 0. The Balaban J connectivity index is 0.00000261. The summed E-state index contributed by atoms with van der Waals surface area (Å²) in [5.74, 6) is 1.06. The highest BCUT2D eigenvalue weighted by Gasteiger charge is 2.30. The molecule has 0 aromatic carbocycles. The second-order valence-corrected chi connectivity index (χ2v) is 7.57. The fraction of sp³-hybridized carbons (Fsp3) is 0.722. The van der Waals surface area contributed by atoms with Crippen LogP contribution in [-0.4, -0.2) is 79.1 Å². The van der Waals surface area contributed by atoms with Crippen LogP contribution in [0.5, 0.6) is 0 Å². The van der Waals surface area contributed by atoms with E-state index in [4.69, 9.17) is 4.74 Å². The lowest BCUT2D eigenvalue weighted by atomic mass is 10.2. The van der Waals surface area contributed by atoms with Gasteiger partial charge in [-0.3, -0.25) is 9.79 Å². The molecular formula is C18H30IN5O2S. The average molecular weight is 507 g/mol. The third-order valence-corrected chi connectivity index (χ3v) is 5.92. The molecule has 2 aliphatic rings. The number of halogens is 1. The molecule has 1 atom stereocenters. The van der Waals surface area contributed by atoms with Gasteiger partial charge in [-0.05, 0) is 19.3 Å². The van der Waals surface area contributed by atoms with Gasteiger partial charge < -0.3 is 19.9 Å². The number of nitrogens with one attached hydrogen (secondary N) is 1. The zero-order chi connectivity index (χ0) is 18.4. The standard InChI is InChI=1S/C18H29N5O2S.HI/c1-3-16-21-14(13-26-16)6-7-20-18(19-2)23-10-8-22(9-11-23)17(24)15-5-4-12-25-15;/h13,15H,3-12H2,1-2H3,(H,19,20);1H. The van der Waals surface area contributed by atoms with Crippen LogP contribution < -0.4 is 5.32 Å². The molecule has 3 heterocycles. The second kappa shape index (κ2) is 11.2. The van der Waals surface area contributed by atoms with Crippen molar-refractivity contribution in [2.45, 2.75) is 38.7 Å². The van der Waals surface area contributed by atoms with Gasteiger partial charge in [-0.15, -0.1) is 35.3 Å². The van der Waals surface area contributed by atoms with E-state index in [1.807, 2.05) is 11.9 Å². The van der Waals surface area contributed by atoms with Gasteiger partial charge in [0.2, 0.25) is 0 Å². The van der Waals surface area contributed by atoms with Gasteiger partial charge in [-0.1, -0.05) is 6.92 Å². The smallest absolute Gasteiger partial charge is 0.251 e. The lowest BCUT2D eigenvalue weighted by molar-refractivity contribution is -0.142. The molecule has 1 unspecified atom stereocenters. The molecule has 0 radical (unpaired) electrons. The van der Waals surface area contributed by atoms with Crippen molar-refractivity contribution in [2.24, 2.45) is 4.99 Å². The number of aromatic nitrogens is 1. The van der Waals surface area contributed by atoms with Crippen LogP contribution in [0.1, 0.15) is 30.5 Å². The monoisotopic (exact) mass is 507 g/mol. The van der Waals surface area contributed by atoms with Gasteiger partial charge in [0.25, 0.3) is 5.91 Å². The van der Waals surface area contributed by atoms with Crippen LogP contribution in [0.3, 0.4) is 0 Å². The minimum Gasteiger partial charge on any atom is -0.368 e. The molecule has 0 spiro atoms. The van der Waals surface area contributed by atoms with Crippen molar-refractivity contribution in [3.8, 4) is 0 Å². The van der Waals surface area contributed by atoms with E-state index in [0.29, 0.717) is 6.61 Å². The van der Waals surface area contributed by atoms with Crippen LogP contribution >= 0.6 is 35.3 Å². The lowest BCUT2D eigenvalue weighted by Gasteiger charge is -2.37. The third kappa shape index (κ3) is 6.02. The maximum absolute atomic E-state index is 12.4. The first-order valence-corrected chi connectivity index (χ1v) is 10.4. The minimum atomic E-state index is -0.217. The summed E-state index contributed by atoms with van der Waals surface area (Å²) >= 11 is 1.73. The van der Waals surface area contributed by atoms with Crippen molar-refractivity contribution < 1.29 is 9.53 Å². The van der Waals surface area contributed by atoms with Gasteiger partial charge in [0.15, 0.2) is 5.96 Å². The molecule has 1 N–H and O–H groups in total. The second-order valence-electron chi connectivity index (χ2n) is 6.62. The number of aryl methyl sites for hydroxylation is 1. The van der Waals surface area contributed by atoms with Crippen LogP contribution in [0.25, 0.3) is 0 Å². The number of amides is 1. The van der Waals surface area contributed by atoms with Gasteiger partial charge in [-0.25, -0.2) is 4.98 Å². The fourth-order valence-electron chi connectivity index (χ4n) is 3.38. The topological polar surface area (TPSA) is 70.1 Å². The van der Waals surface area contributed by atoms with Gasteiger partial charge in [-0.2, -0.15) is 0 Å². The molecule has 152 valence electrons. The van der Waals surface area contributed by atoms with Crippen LogP contribution in [0.2, 0.25) is 0 Å². The first-order chi connectivity index (χ1) is 12.7. The van der Waals surface area contributed by atoms with Gasteiger partial charge >= 0.3 is 0 Å². The number of carbonyl (C=O) groups is 1. The van der Waals surface area contributed by atoms with Crippen LogP contribution in [0.4, 0.5) is 0 Å². The average Bonchev–Trinajstić information content (AvgIpc) is 3.37. The highest BCUT2D eigenvalue weighted by molar-refractivity contribution is 14.0. The summed E-state index contributed by atoms with van der Waals surface area (Å²) in [6.07, 6.45) is 3.52. The quantitative estimate of drug-likeness (QED) is 0.374. The van der Waals surface area contributed by atoms with E-state index in [1.165, 1.54) is 5.01 Å². The molecule has 1 aromatic rings. The largest absolute Gasteiger partial charge is 0.368 e. The molecule has 0 saturated carbocycles. The predicted octanol–water partition coefficient (Wildman–Crippen LogP) is 1.76. The number of aliphatic imine (C=N–C) groups is 1. The molecule has 0 bridgehead atoms. The molecule has 0 aliphatic carbocycles. The Kier molecular flexibility index (Phi) is 9.24. The fourth-order valence-corrected chi connectivity index (χ4v) is 4.15. The Morgan fingerprint density at radius 2 is 2.11 bits per heavy atom.